The number of unbranched alkanes of at least 4 members (excludes halogenated alkanes) is 4. The number of Topliss-reactive ketones (excluding diaryl/α,β-unsaturated/α-hetero) is 2. The van der Waals surface area contributed by atoms with Gasteiger partial charge in [-0.1, -0.05) is 19.3 Å². The van der Waals surface area contributed by atoms with Crippen molar-refractivity contribution >= 4 is 23.3 Å². The molecular formula is C27H33F3N2O8. The summed E-state index contributed by atoms with van der Waals surface area (Å²) >= 11 is 0. The van der Waals surface area contributed by atoms with Crippen LogP contribution in [0, 0.1) is 6.92 Å². The fraction of sp³-hybridized carbons (Fsp3) is 0.481. The number of allylic oxidation sites excluding steroid dienone is 4. The van der Waals surface area contributed by atoms with E-state index < -0.39 is 40.7 Å². The molecule has 1 heterocycles. The van der Waals surface area contributed by atoms with Crippen molar-refractivity contribution in [2.24, 2.45) is 5.73 Å². The number of fused-ring (bicyclic) bond motifs is 3. The Morgan fingerprint density at radius 2 is 1.60 bits per heavy atom. The molecule has 40 heavy (non-hydrogen) atoms. The zero-order chi connectivity index (χ0) is 30.6. The van der Waals surface area contributed by atoms with Crippen LogP contribution in [0.1, 0.15) is 74.4 Å². The molecule has 0 saturated heterocycles. The molecule has 0 amide bonds. The number of carbonyl (C=O) groups is 4. The summed E-state index contributed by atoms with van der Waals surface area (Å²) in [6.45, 7) is 7.27. The van der Waals surface area contributed by atoms with E-state index in [0.717, 1.165) is 32.1 Å². The lowest BCUT2D eigenvalue weighted by molar-refractivity contribution is -0.192. The van der Waals surface area contributed by atoms with Crippen LogP contribution >= 0.6 is 0 Å². The van der Waals surface area contributed by atoms with Gasteiger partial charge in [0.05, 0.1) is 11.1 Å². The third-order valence-corrected chi connectivity index (χ3v) is 6.77. The maximum absolute atomic E-state index is 13.7. The highest BCUT2D eigenvalue weighted by Gasteiger charge is 2.56. The molecule has 1 aromatic rings. The van der Waals surface area contributed by atoms with Crippen LogP contribution in [0.5, 0.6) is 17.2 Å². The lowest BCUT2D eigenvalue weighted by Crippen LogP contribution is -2.41. The highest BCUT2D eigenvalue weighted by Crippen LogP contribution is 2.57. The third-order valence-electron chi connectivity index (χ3n) is 6.77. The van der Waals surface area contributed by atoms with Crippen LogP contribution in [-0.2, 0) is 19.8 Å². The first-order chi connectivity index (χ1) is 18.5. The van der Waals surface area contributed by atoms with Crippen molar-refractivity contribution in [2.45, 2.75) is 71.4 Å². The number of phenols is 2. The zero-order valence-electron chi connectivity index (χ0n) is 22.6. The van der Waals surface area contributed by atoms with Crippen molar-refractivity contribution in [1.82, 2.24) is 5.32 Å². The van der Waals surface area contributed by atoms with Gasteiger partial charge in [-0.05, 0) is 47.1 Å². The maximum atomic E-state index is 13.7. The van der Waals surface area contributed by atoms with E-state index in [1.165, 1.54) is 19.9 Å². The molecule has 1 aromatic carbocycles. The number of rotatable bonds is 9. The maximum Gasteiger partial charge on any atom is 0.490 e. The number of hydrogen-bond donors (Lipinski definition) is 5. The number of halogens is 3. The second-order valence-corrected chi connectivity index (χ2v) is 9.67. The van der Waals surface area contributed by atoms with E-state index in [0.29, 0.717) is 18.8 Å². The van der Waals surface area contributed by atoms with E-state index in [-0.39, 0.29) is 39.5 Å². The summed E-state index contributed by atoms with van der Waals surface area (Å²) in [4.78, 5) is 47.7. The predicted octanol–water partition coefficient (Wildman–Crippen LogP) is 3.70. The number of hydrogen-bond acceptors (Lipinski definition) is 9. The van der Waals surface area contributed by atoms with Crippen molar-refractivity contribution in [1.29, 1.82) is 0 Å². The van der Waals surface area contributed by atoms with Gasteiger partial charge in [0.1, 0.15) is 34.0 Å². The number of carboxylic acids is 1. The minimum atomic E-state index is -5.08. The van der Waals surface area contributed by atoms with Crippen molar-refractivity contribution in [2.75, 3.05) is 13.1 Å². The number of ketones is 3. The molecule has 0 spiro atoms. The van der Waals surface area contributed by atoms with Gasteiger partial charge in [-0.3, -0.25) is 14.4 Å². The van der Waals surface area contributed by atoms with Gasteiger partial charge < -0.3 is 31.1 Å². The van der Waals surface area contributed by atoms with Gasteiger partial charge in [-0.25, -0.2) is 4.79 Å². The molecular weight excluding hydrogens is 537 g/mol. The van der Waals surface area contributed by atoms with Crippen LogP contribution in [0.2, 0.25) is 0 Å². The summed E-state index contributed by atoms with van der Waals surface area (Å²) in [6, 6.07) is 0. The van der Waals surface area contributed by atoms with Crippen LogP contribution in [0.4, 0.5) is 13.2 Å². The number of ether oxygens (including phenoxy) is 1. The molecule has 0 unspecified atom stereocenters. The normalized spacial score (nSPS) is 19.1. The summed E-state index contributed by atoms with van der Waals surface area (Å²) < 4.78 is 37.5. The van der Waals surface area contributed by atoms with Gasteiger partial charge >= 0.3 is 12.1 Å². The molecule has 2 aliphatic rings. The molecule has 6 N–H and O–H groups in total. The van der Waals surface area contributed by atoms with Crippen molar-refractivity contribution in [3.05, 3.63) is 39.8 Å². The molecule has 0 bridgehead atoms. The molecule has 1 aliphatic heterocycles. The Balaban J connectivity index is 0.000000708. The Morgan fingerprint density at radius 1 is 1.05 bits per heavy atom. The summed E-state index contributed by atoms with van der Waals surface area (Å²) in [5.41, 5.74) is 4.52. The van der Waals surface area contributed by atoms with Gasteiger partial charge in [0.2, 0.25) is 0 Å². The van der Waals surface area contributed by atoms with Crippen LogP contribution in [0.15, 0.2) is 23.1 Å². The molecule has 1 atom stereocenters. The van der Waals surface area contributed by atoms with Crippen LogP contribution < -0.4 is 15.8 Å². The van der Waals surface area contributed by atoms with Gasteiger partial charge in [0.25, 0.3) is 0 Å². The second kappa shape index (κ2) is 12.5. The van der Waals surface area contributed by atoms with Crippen molar-refractivity contribution in [3.8, 4) is 17.2 Å². The molecule has 0 saturated carbocycles. The highest BCUT2D eigenvalue weighted by atomic mass is 19.4. The Kier molecular flexibility index (Phi) is 10.1. The van der Waals surface area contributed by atoms with E-state index in [4.69, 9.17) is 20.4 Å². The molecule has 1 aliphatic carbocycles. The predicted molar refractivity (Wildman–Crippen MR) is 137 cm³/mol. The number of carbonyl (C=O) groups excluding carboxylic acids is 3. The first-order valence-electron chi connectivity index (χ1n) is 12.6. The van der Waals surface area contributed by atoms with Crippen LogP contribution in [0.3, 0.4) is 0 Å². The third kappa shape index (κ3) is 6.30. The standard InChI is InChI=1S/C25H32N2O6.C2HF3O2/c1-13-21(30)19(15(3)28)23-20(22(13)31)25(4)17(33-23)12-16(29)18(24(25)32)14(2)27-11-9-7-5-6-8-10-26;3-2(4,5)1(6)7/h12,27,30-31H,5-11,26H2,1-4H3;(H,6,7)/b18-14+;/t25-;/m0./s1. The number of aliphatic carboxylic acids is 1. The smallest absolute Gasteiger partial charge is 0.490 e. The topological polar surface area (TPSA) is 176 Å². The quantitative estimate of drug-likeness (QED) is 0.127. The van der Waals surface area contributed by atoms with Gasteiger partial charge in [-0.2, -0.15) is 13.2 Å². The summed E-state index contributed by atoms with van der Waals surface area (Å²) in [5.74, 6) is -5.04. The molecule has 3 rings (SSSR count). The lowest BCUT2D eigenvalue weighted by Gasteiger charge is -2.29. The first-order valence-corrected chi connectivity index (χ1v) is 12.6. The highest BCUT2D eigenvalue weighted by molar-refractivity contribution is 6.31. The second-order valence-electron chi connectivity index (χ2n) is 9.67. The lowest BCUT2D eigenvalue weighted by atomic mass is 9.70. The average molecular weight is 571 g/mol. The molecule has 0 radical (unpaired) electrons. The number of alkyl halides is 3. The minimum absolute atomic E-state index is 0.00432. The molecule has 10 nitrogen and oxygen atoms in total. The summed E-state index contributed by atoms with van der Waals surface area (Å²) in [6.07, 6.45) is 1.22. The number of phenolic OH excluding ortho intramolecular Hbond substituents is 2. The molecule has 220 valence electrons. The zero-order valence-corrected chi connectivity index (χ0v) is 22.6. The number of nitrogens with two attached hydrogens (primary N) is 1. The van der Waals surface area contributed by atoms with Gasteiger partial charge in [-0.15, -0.1) is 0 Å². The van der Waals surface area contributed by atoms with E-state index in [1.807, 2.05) is 0 Å². The number of aromatic hydroxyl groups is 2. The van der Waals surface area contributed by atoms with Crippen LogP contribution in [0.25, 0.3) is 0 Å². The number of carboxylic acid groups (broad SMARTS) is 1. The molecule has 0 fully saturated rings. The SMILES string of the molecule is CC(=O)c1c(O)c(C)c(O)c2c1OC1=CC(=O)/C(=C(/C)NCCCCCCCN)C(=O)[C@@]12C.O=C(O)C(F)(F)F. The van der Waals surface area contributed by atoms with Crippen molar-refractivity contribution in [3.63, 3.8) is 0 Å². The Bertz CT molecular complexity index is 1280. The van der Waals surface area contributed by atoms with E-state index in [2.05, 4.69) is 5.32 Å². The van der Waals surface area contributed by atoms with Gasteiger partial charge in [0, 0.05) is 23.9 Å². The minimum Gasteiger partial charge on any atom is -0.507 e. The molecule has 0 aromatic heterocycles. The van der Waals surface area contributed by atoms with E-state index >= 15 is 0 Å². The van der Waals surface area contributed by atoms with Gasteiger partial charge in [0.15, 0.2) is 17.3 Å². The largest absolute Gasteiger partial charge is 0.507 e. The first kappa shape index (κ1) is 32.3. The fourth-order valence-electron chi connectivity index (χ4n) is 4.53. The Labute approximate surface area is 228 Å². The summed E-state index contributed by atoms with van der Waals surface area (Å²) in [7, 11) is 0. The van der Waals surface area contributed by atoms with Crippen molar-refractivity contribution < 1.29 is 52.4 Å². The Hall–Kier alpha value is -3.87. The van der Waals surface area contributed by atoms with Crippen LogP contribution in [-0.4, -0.2) is 57.9 Å². The van der Waals surface area contributed by atoms with E-state index in [1.54, 1.807) is 13.8 Å². The monoisotopic (exact) mass is 570 g/mol. The number of benzene rings is 1. The average Bonchev–Trinajstić information content (AvgIpc) is 3.14. The summed E-state index contributed by atoms with van der Waals surface area (Å²) in [5, 5.41) is 31.5. The van der Waals surface area contributed by atoms with E-state index in [9.17, 15) is 37.8 Å². The fourth-order valence-corrected chi connectivity index (χ4v) is 4.53. The Morgan fingerprint density at radius 3 is 2.12 bits per heavy atom. The number of nitrogens with one attached hydrogen (secondary N) is 1. The molecule has 13 heteroatoms.